The van der Waals surface area contributed by atoms with Gasteiger partial charge in [-0.2, -0.15) is 5.26 Å². The summed E-state index contributed by atoms with van der Waals surface area (Å²) < 4.78 is 0. The van der Waals surface area contributed by atoms with Crippen molar-refractivity contribution < 1.29 is 10.0 Å². The van der Waals surface area contributed by atoms with Gasteiger partial charge in [-0.3, -0.25) is 10.1 Å². The SMILES string of the molecule is CCC(CC)C(O)CNc1ccc([N+](=O)[O-])c(C#N)n1. The van der Waals surface area contributed by atoms with E-state index in [1.807, 2.05) is 13.8 Å². The lowest BCUT2D eigenvalue weighted by atomic mass is 9.96. The first-order valence-electron chi connectivity index (χ1n) is 6.50. The van der Waals surface area contributed by atoms with Crippen molar-refractivity contribution >= 4 is 11.5 Å². The fraction of sp³-hybridized carbons (Fsp3) is 0.538. The molecule has 0 aliphatic carbocycles. The van der Waals surface area contributed by atoms with E-state index in [2.05, 4.69) is 10.3 Å². The van der Waals surface area contributed by atoms with Gasteiger partial charge in [0.2, 0.25) is 5.69 Å². The van der Waals surface area contributed by atoms with Crippen LogP contribution in [0, 0.1) is 27.4 Å². The summed E-state index contributed by atoms with van der Waals surface area (Å²) >= 11 is 0. The highest BCUT2D eigenvalue weighted by Gasteiger charge is 2.18. The number of aliphatic hydroxyl groups excluding tert-OH is 1. The Labute approximate surface area is 117 Å². The highest BCUT2D eigenvalue weighted by atomic mass is 16.6. The van der Waals surface area contributed by atoms with E-state index < -0.39 is 11.0 Å². The van der Waals surface area contributed by atoms with Crippen LogP contribution in [0.4, 0.5) is 11.5 Å². The number of nitrogens with one attached hydrogen (secondary N) is 1. The molecule has 1 aromatic rings. The molecule has 0 aliphatic heterocycles. The van der Waals surface area contributed by atoms with Crippen LogP contribution in [-0.4, -0.2) is 27.7 Å². The Hall–Kier alpha value is -2.20. The van der Waals surface area contributed by atoms with Crippen LogP contribution in [0.2, 0.25) is 0 Å². The van der Waals surface area contributed by atoms with Crippen LogP contribution < -0.4 is 5.32 Å². The number of hydrogen-bond acceptors (Lipinski definition) is 6. The van der Waals surface area contributed by atoms with Crippen molar-refractivity contribution in [1.29, 1.82) is 5.26 Å². The minimum atomic E-state index is -0.644. The normalized spacial score (nSPS) is 11.9. The molecule has 108 valence electrons. The van der Waals surface area contributed by atoms with Gasteiger partial charge in [-0.15, -0.1) is 0 Å². The van der Waals surface area contributed by atoms with Gasteiger partial charge >= 0.3 is 5.69 Å². The maximum atomic E-state index is 10.7. The van der Waals surface area contributed by atoms with Crippen molar-refractivity contribution in [3.05, 3.63) is 27.9 Å². The second kappa shape index (κ2) is 7.40. The average Bonchev–Trinajstić information content (AvgIpc) is 2.45. The molecule has 0 saturated heterocycles. The lowest BCUT2D eigenvalue weighted by Gasteiger charge is -2.20. The molecule has 0 amide bonds. The van der Waals surface area contributed by atoms with Crippen LogP contribution in [0.25, 0.3) is 0 Å². The predicted molar refractivity (Wildman–Crippen MR) is 74.2 cm³/mol. The summed E-state index contributed by atoms with van der Waals surface area (Å²) in [4.78, 5) is 13.9. The molecule has 0 bridgehead atoms. The minimum absolute atomic E-state index is 0.191. The largest absolute Gasteiger partial charge is 0.391 e. The van der Waals surface area contributed by atoms with E-state index in [1.165, 1.54) is 12.1 Å². The summed E-state index contributed by atoms with van der Waals surface area (Å²) in [6.07, 6.45) is 1.22. The molecular weight excluding hydrogens is 260 g/mol. The first-order chi connectivity index (χ1) is 9.53. The summed E-state index contributed by atoms with van der Waals surface area (Å²) in [6.45, 7) is 4.31. The number of nitro groups is 1. The van der Waals surface area contributed by atoms with E-state index in [4.69, 9.17) is 5.26 Å². The maximum Gasteiger partial charge on any atom is 0.305 e. The van der Waals surface area contributed by atoms with Crippen molar-refractivity contribution in [2.75, 3.05) is 11.9 Å². The quantitative estimate of drug-likeness (QED) is 0.583. The lowest BCUT2D eigenvalue weighted by molar-refractivity contribution is -0.385. The summed E-state index contributed by atoms with van der Waals surface area (Å²) in [6, 6.07) is 4.36. The third-order valence-corrected chi connectivity index (χ3v) is 3.26. The van der Waals surface area contributed by atoms with Crippen LogP contribution in [0.15, 0.2) is 12.1 Å². The Morgan fingerprint density at radius 3 is 2.65 bits per heavy atom. The standard InChI is InChI=1S/C13H18N4O3/c1-3-9(4-2)12(18)8-15-13-6-5-11(17(19)20)10(7-14)16-13/h5-6,9,12,18H,3-4,8H2,1-2H3,(H,15,16). The Morgan fingerprint density at radius 1 is 1.50 bits per heavy atom. The van der Waals surface area contributed by atoms with Gasteiger partial charge in [-0.25, -0.2) is 4.98 Å². The van der Waals surface area contributed by atoms with Gasteiger partial charge in [0.25, 0.3) is 0 Å². The molecule has 1 heterocycles. The zero-order valence-electron chi connectivity index (χ0n) is 11.5. The zero-order chi connectivity index (χ0) is 15.1. The third kappa shape index (κ3) is 3.90. The fourth-order valence-corrected chi connectivity index (χ4v) is 1.99. The van der Waals surface area contributed by atoms with E-state index in [-0.39, 0.29) is 17.3 Å². The van der Waals surface area contributed by atoms with Gasteiger partial charge in [0.05, 0.1) is 11.0 Å². The fourth-order valence-electron chi connectivity index (χ4n) is 1.99. The molecule has 0 aromatic carbocycles. The molecular formula is C13H18N4O3. The first-order valence-corrected chi connectivity index (χ1v) is 6.50. The predicted octanol–water partition coefficient (Wildman–Crippen LogP) is 2.07. The number of aromatic nitrogens is 1. The van der Waals surface area contributed by atoms with Gasteiger partial charge in [0.15, 0.2) is 0 Å². The Morgan fingerprint density at radius 2 is 2.15 bits per heavy atom. The Kier molecular flexibility index (Phi) is 5.87. The van der Waals surface area contributed by atoms with Crippen LogP contribution in [0.3, 0.4) is 0 Å². The van der Waals surface area contributed by atoms with Gasteiger partial charge in [-0.05, 0) is 12.0 Å². The van der Waals surface area contributed by atoms with Gasteiger partial charge < -0.3 is 10.4 Å². The topological polar surface area (TPSA) is 112 Å². The van der Waals surface area contributed by atoms with E-state index in [9.17, 15) is 15.2 Å². The summed E-state index contributed by atoms with van der Waals surface area (Å²) in [5.41, 5.74) is -0.560. The summed E-state index contributed by atoms with van der Waals surface area (Å²) in [5, 5.41) is 32.4. The van der Waals surface area contributed by atoms with E-state index >= 15 is 0 Å². The number of anilines is 1. The van der Waals surface area contributed by atoms with Crippen molar-refractivity contribution in [1.82, 2.24) is 4.98 Å². The molecule has 1 atom stereocenters. The Bertz CT molecular complexity index is 509. The highest BCUT2D eigenvalue weighted by molar-refractivity contribution is 5.50. The van der Waals surface area contributed by atoms with Crippen LogP contribution in [0.1, 0.15) is 32.4 Å². The number of aliphatic hydroxyl groups is 1. The summed E-state index contributed by atoms with van der Waals surface area (Å²) in [7, 11) is 0. The number of nitrogens with zero attached hydrogens (tertiary/aromatic N) is 3. The van der Waals surface area contributed by atoms with Crippen molar-refractivity contribution in [2.24, 2.45) is 5.92 Å². The molecule has 2 N–H and O–H groups in total. The monoisotopic (exact) mass is 278 g/mol. The molecule has 20 heavy (non-hydrogen) atoms. The average molecular weight is 278 g/mol. The van der Waals surface area contributed by atoms with Crippen molar-refractivity contribution in [2.45, 2.75) is 32.8 Å². The van der Waals surface area contributed by atoms with Gasteiger partial charge in [0.1, 0.15) is 11.9 Å². The second-order valence-electron chi connectivity index (χ2n) is 4.46. The molecule has 7 heteroatoms. The van der Waals surface area contributed by atoms with Crippen molar-refractivity contribution in [3.8, 4) is 6.07 Å². The molecule has 0 spiro atoms. The number of rotatable bonds is 7. The molecule has 1 unspecified atom stereocenters. The number of nitriles is 1. The van der Waals surface area contributed by atoms with Gasteiger partial charge in [-0.1, -0.05) is 26.7 Å². The highest BCUT2D eigenvalue weighted by Crippen LogP contribution is 2.19. The molecule has 7 nitrogen and oxygen atoms in total. The maximum absolute atomic E-state index is 10.7. The smallest absolute Gasteiger partial charge is 0.305 e. The van der Waals surface area contributed by atoms with Crippen LogP contribution in [0.5, 0.6) is 0 Å². The van der Waals surface area contributed by atoms with E-state index in [0.29, 0.717) is 12.4 Å². The molecule has 0 aliphatic rings. The lowest BCUT2D eigenvalue weighted by Crippen LogP contribution is -2.28. The van der Waals surface area contributed by atoms with Gasteiger partial charge in [0, 0.05) is 12.6 Å². The molecule has 1 aromatic heterocycles. The number of pyridine rings is 1. The molecule has 0 radical (unpaired) electrons. The molecule has 0 fully saturated rings. The third-order valence-electron chi connectivity index (χ3n) is 3.26. The van der Waals surface area contributed by atoms with Crippen molar-refractivity contribution in [3.63, 3.8) is 0 Å². The van der Waals surface area contributed by atoms with E-state index in [0.717, 1.165) is 12.8 Å². The molecule has 1 rings (SSSR count). The summed E-state index contributed by atoms with van der Waals surface area (Å²) in [5.74, 6) is 0.535. The molecule has 0 saturated carbocycles. The Balaban J connectivity index is 2.75. The first kappa shape index (κ1) is 15.9. The van der Waals surface area contributed by atoms with Crippen LogP contribution in [-0.2, 0) is 0 Å². The van der Waals surface area contributed by atoms with E-state index in [1.54, 1.807) is 6.07 Å². The number of hydrogen-bond donors (Lipinski definition) is 2. The minimum Gasteiger partial charge on any atom is -0.391 e. The van der Waals surface area contributed by atoms with Crippen LogP contribution >= 0.6 is 0 Å². The second-order valence-corrected chi connectivity index (χ2v) is 4.46. The zero-order valence-corrected chi connectivity index (χ0v) is 11.5.